The number of halogens is 1. The zero-order chi connectivity index (χ0) is 19.3. The summed E-state index contributed by atoms with van der Waals surface area (Å²) in [4.78, 5) is 25.7. The second kappa shape index (κ2) is 8.70. The molecule has 2 aromatic heterocycles. The normalized spacial score (nSPS) is 14.6. The fourth-order valence-electron chi connectivity index (χ4n) is 3.06. The summed E-state index contributed by atoms with van der Waals surface area (Å²) in [7, 11) is 0. The van der Waals surface area contributed by atoms with E-state index in [1.165, 1.54) is 0 Å². The number of carbonyl (C=O) groups excluding carboxylic acids is 1. The van der Waals surface area contributed by atoms with Crippen molar-refractivity contribution in [1.29, 1.82) is 0 Å². The third-order valence-corrected chi connectivity index (χ3v) is 5.85. The first-order valence-corrected chi connectivity index (χ1v) is 10.7. The molecular weight excluding hydrogens is 440 g/mol. The number of hydrogen-bond acceptors (Lipinski definition) is 6. The molecule has 0 bridgehead atoms. The molecule has 1 aliphatic rings. The molecule has 4 rings (SSSR count). The van der Waals surface area contributed by atoms with Gasteiger partial charge in [0.25, 0.3) is 5.91 Å². The summed E-state index contributed by atoms with van der Waals surface area (Å²) in [5.41, 5.74) is 0.575. The fraction of sp³-hybridized carbons (Fsp3) is 0.250. The van der Waals surface area contributed by atoms with Crippen molar-refractivity contribution in [2.24, 2.45) is 0 Å². The summed E-state index contributed by atoms with van der Waals surface area (Å²) >= 11 is 5.03. The van der Waals surface area contributed by atoms with Crippen LogP contribution in [-0.2, 0) is 0 Å². The highest BCUT2D eigenvalue weighted by Crippen LogP contribution is 2.23. The number of hydrogen-bond donors (Lipinski definition) is 0. The minimum atomic E-state index is 0.00341. The highest BCUT2D eigenvalue weighted by molar-refractivity contribution is 9.10. The Hall–Kier alpha value is -2.45. The van der Waals surface area contributed by atoms with Crippen LogP contribution in [0.4, 0.5) is 5.13 Å². The molecule has 0 N–H and O–H groups in total. The van der Waals surface area contributed by atoms with Gasteiger partial charge in [-0.1, -0.05) is 15.9 Å². The van der Waals surface area contributed by atoms with E-state index in [0.29, 0.717) is 23.7 Å². The minimum absolute atomic E-state index is 0.00341. The fourth-order valence-corrected chi connectivity index (χ4v) is 4.02. The zero-order valence-electron chi connectivity index (χ0n) is 15.1. The van der Waals surface area contributed by atoms with Crippen molar-refractivity contribution in [3.8, 4) is 11.6 Å². The van der Waals surface area contributed by atoms with Crippen molar-refractivity contribution in [3.63, 3.8) is 0 Å². The summed E-state index contributed by atoms with van der Waals surface area (Å²) in [5, 5.41) is 3.00. The van der Waals surface area contributed by atoms with Crippen LogP contribution in [0.1, 0.15) is 16.8 Å². The first-order chi connectivity index (χ1) is 13.7. The molecule has 3 heterocycles. The molecule has 144 valence electrons. The number of nitrogens with zero attached hydrogens (tertiary/aromatic N) is 4. The molecule has 0 atom stereocenters. The molecule has 3 aromatic rings. The molecule has 0 unspecified atom stereocenters. The Kier molecular flexibility index (Phi) is 5.87. The van der Waals surface area contributed by atoms with Crippen LogP contribution in [-0.4, -0.2) is 47.0 Å². The van der Waals surface area contributed by atoms with E-state index in [1.54, 1.807) is 29.7 Å². The first kappa shape index (κ1) is 18.9. The van der Waals surface area contributed by atoms with Gasteiger partial charge in [0.15, 0.2) is 5.13 Å². The SMILES string of the molecule is O=C(c1ccc(Oc2ccc(Br)cc2)nc1)N1CCCN(c2nccs2)CC1. The van der Waals surface area contributed by atoms with Crippen LogP contribution >= 0.6 is 27.3 Å². The van der Waals surface area contributed by atoms with Crippen molar-refractivity contribution in [1.82, 2.24) is 14.9 Å². The molecule has 0 saturated carbocycles. The van der Waals surface area contributed by atoms with Crippen molar-refractivity contribution >= 4 is 38.3 Å². The maximum Gasteiger partial charge on any atom is 0.255 e. The largest absolute Gasteiger partial charge is 0.439 e. The minimum Gasteiger partial charge on any atom is -0.439 e. The molecular formula is C20H19BrN4O2S. The monoisotopic (exact) mass is 458 g/mol. The van der Waals surface area contributed by atoms with E-state index in [1.807, 2.05) is 40.7 Å². The van der Waals surface area contributed by atoms with E-state index >= 15 is 0 Å². The highest BCUT2D eigenvalue weighted by Gasteiger charge is 2.21. The van der Waals surface area contributed by atoms with E-state index in [4.69, 9.17) is 4.74 Å². The predicted molar refractivity (Wildman–Crippen MR) is 113 cm³/mol. The topological polar surface area (TPSA) is 58.6 Å². The average molecular weight is 459 g/mol. The molecule has 0 spiro atoms. The van der Waals surface area contributed by atoms with Crippen LogP contribution in [0.2, 0.25) is 0 Å². The Bertz CT molecular complexity index is 916. The van der Waals surface area contributed by atoms with Gasteiger partial charge in [-0.25, -0.2) is 9.97 Å². The summed E-state index contributed by atoms with van der Waals surface area (Å²) in [6.45, 7) is 3.11. The molecule has 8 heteroatoms. The van der Waals surface area contributed by atoms with Crippen molar-refractivity contribution in [2.45, 2.75) is 6.42 Å². The predicted octanol–water partition coefficient (Wildman–Crippen LogP) is 4.45. The molecule has 1 aromatic carbocycles. The molecule has 0 aliphatic carbocycles. The van der Waals surface area contributed by atoms with Crippen molar-refractivity contribution < 1.29 is 9.53 Å². The second-order valence-electron chi connectivity index (χ2n) is 6.39. The molecule has 1 saturated heterocycles. The number of carbonyl (C=O) groups is 1. The van der Waals surface area contributed by atoms with E-state index in [9.17, 15) is 4.79 Å². The quantitative estimate of drug-likeness (QED) is 0.577. The Balaban J connectivity index is 1.38. The number of benzene rings is 1. The van der Waals surface area contributed by atoms with Crippen LogP contribution in [0, 0.1) is 0 Å². The maximum absolute atomic E-state index is 12.9. The van der Waals surface area contributed by atoms with Crippen molar-refractivity contribution in [2.75, 3.05) is 31.1 Å². The number of ether oxygens (including phenoxy) is 1. The Labute approximate surface area is 175 Å². The van der Waals surface area contributed by atoms with E-state index < -0.39 is 0 Å². The first-order valence-electron chi connectivity index (χ1n) is 9.02. The number of thiazole rings is 1. The molecule has 0 radical (unpaired) electrons. The summed E-state index contributed by atoms with van der Waals surface area (Å²) in [6, 6.07) is 11.0. The van der Waals surface area contributed by atoms with Gasteiger partial charge in [0.2, 0.25) is 5.88 Å². The summed E-state index contributed by atoms with van der Waals surface area (Å²) in [6.07, 6.45) is 4.32. The summed E-state index contributed by atoms with van der Waals surface area (Å²) < 4.78 is 6.71. The lowest BCUT2D eigenvalue weighted by atomic mass is 10.2. The van der Waals surface area contributed by atoms with Gasteiger partial charge < -0.3 is 14.5 Å². The van der Waals surface area contributed by atoms with Crippen LogP contribution in [0.5, 0.6) is 11.6 Å². The van der Waals surface area contributed by atoms with E-state index in [2.05, 4.69) is 30.8 Å². The van der Waals surface area contributed by atoms with Gasteiger partial charge >= 0.3 is 0 Å². The molecule has 28 heavy (non-hydrogen) atoms. The number of amides is 1. The second-order valence-corrected chi connectivity index (χ2v) is 8.18. The Morgan fingerprint density at radius 3 is 2.61 bits per heavy atom. The molecule has 1 aliphatic heterocycles. The van der Waals surface area contributed by atoms with Gasteiger partial charge in [-0.05, 0) is 36.8 Å². The lowest BCUT2D eigenvalue weighted by Gasteiger charge is -2.21. The highest BCUT2D eigenvalue weighted by atomic mass is 79.9. The lowest BCUT2D eigenvalue weighted by Crippen LogP contribution is -2.35. The number of rotatable bonds is 4. The molecule has 1 amide bonds. The van der Waals surface area contributed by atoms with Gasteiger partial charge in [-0.3, -0.25) is 4.79 Å². The Morgan fingerprint density at radius 1 is 1.04 bits per heavy atom. The van der Waals surface area contributed by atoms with Gasteiger partial charge in [-0.15, -0.1) is 11.3 Å². The van der Waals surface area contributed by atoms with Crippen LogP contribution < -0.4 is 9.64 Å². The summed E-state index contributed by atoms with van der Waals surface area (Å²) in [5.74, 6) is 1.16. The zero-order valence-corrected chi connectivity index (χ0v) is 17.5. The van der Waals surface area contributed by atoms with Crippen LogP contribution in [0.25, 0.3) is 0 Å². The van der Waals surface area contributed by atoms with E-state index in [0.717, 1.165) is 35.7 Å². The van der Waals surface area contributed by atoms with Gasteiger partial charge in [0, 0.05) is 54.5 Å². The molecule has 1 fully saturated rings. The standard InChI is InChI=1S/C20H19BrN4O2S/c21-16-3-5-17(6-4-16)27-18-7-2-15(14-23-18)19(26)24-9-1-10-25(12-11-24)20-22-8-13-28-20/h2-8,13-14H,1,9-12H2. The third kappa shape index (κ3) is 4.51. The molecule has 6 nitrogen and oxygen atoms in total. The smallest absolute Gasteiger partial charge is 0.255 e. The Morgan fingerprint density at radius 2 is 1.89 bits per heavy atom. The van der Waals surface area contributed by atoms with Gasteiger partial charge in [-0.2, -0.15) is 0 Å². The van der Waals surface area contributed by atoms with Crippen molar-refractivity contribution in [3.05, 3.63) is 64.2 Å². The van der Waals surface area contributed by atoms with E-state index in [-0.39, 0.29) is 5.91 Å². The van der Waals surface area contributed by atoms with Gasteiger partial charge in [0.05, 0.1) is 5.56 Å². The third-order valence-electron chi connectivity index (χ3n) is 4.49. The lowest BCUT2D eigenvalue weighted by molar-refractivity contribution is 0.0766. The average Bonchev–Trinajstić information content (AvgIpc) is 3.14. The number of aromatic nitrogens is 2. The van der Waals surface area contributed by atoms with Gasteiger partial charge in [0.1, 0.15) is 5.75 Å². The maximum atomic E-state index is 12.9. The number of pyridine rings is 1. The number of anilines is 1. The van der Waals surface area contributed by atoms with Crippen LogP contribution in [0.3, 0.4) is 0 Å². The van der Waals surface area contributed by atoms with Crippen LogP contribution in [0.15, 0.2) is 58.6 Å².